The largest absolute Gasteiger partial charge is 0.460 e. The highest BCUT2D eigenvalue weighted by molar-refractivity contribution is 5.81. The van der Waals surface area contributed by atoms with Crippen LogP contribution in [0.2, 0.25) is 0 Å². The Morgan fingerprint density at radius 3 is 2.29 bits per heavy atom. The van der Waals surface area contributed by atoms with Crippen LogP contribution in [0.3, 0.4) is 0 Å². The lowest BCUT2D eigenvalue weighted by Crippen LogP contribution is -2.44. The SMILES string of the molecule is CC[C@H](OC(=O)[C@H](C)NC(=O)OC(C)(C)C)[C@H](c1cc(F)ccc1C)C(C)C. The van der Waals surface area contributed by atoms with Gasteiger partial charge in [0.25, 0.3) is 0 Å². The average Bonchev–Trinajstić information content (AvgIpc) is 2.54. The van der Waals surface area contributed by atoms with Crippen LogP contribution < -0.4 is 5.32 Å². The Balaban J connectivity index is 2.94. The van der Waals surface area contributed by atoms with Gasteiger partial charge in [-0.25, -0.2) is 14.0 Å². The summed E-state index contributed by atoms with van der Waals surface area (Å²) in [4.78, 5) is 24.4. The molecule has 0 bridgehead atoms. The smallest absolute Gasteiger partial charge is 0.408 e. The standard InChI is InChI=1S/C22H34FNO4/c1-9-18(19(13(2)3)17-12-16(23)11-10-14(17)4)27-20(25)15(5)24-21(26)28-22(6,7)8/h10-13,15,18-19H,9H2,1-8H3,(H,24,26)/t15-,18-,19-/m0/s1. The van der Waals surface area contributed by atoms with Crippen molar-refractivity contribution in [2.75, 3.05) is 0 Å². The highest BCUT2D eigenvalue weighted by Crippen LogP contribution is 2.34. The highest BCUT2D eigenvalue weighted by Gasteiger charge is 2.31. The van der Waals surface area contributed by atoms with E-state index in [4.69, 9.17) is 9.47 Å². The number of carbonyl (C=O) groups excluding carboxylic acids is 2. The van der Waals surface area contributed by atoms with E-state index in [0.29, 0.717) is 6.42 Å². The Kier molecular flexibility index (Phi) is 8.46. The number of carbonyl (C=O) groups is 2. The molecule has 6 heteroatoms. The van der Waals surface area contributed by atoms with Gasteiger partial charge in [-0.2, -0.15) is 0 Å². The molecule has 5 nitrogen and oxygen atoms in total. The first-order valence-corrected chi connectivity index (χ1v) is 9.81. The van der Waals surface area contributed by atoms with Crippen LogP contribution in [0.1, 0.15) is 71.9 Å². The van der Waals surface area contributed by atoms with Crippen molar-refractivity contribution in [3.8, 4) is 0 Å². The van der Waals surface area contributed by atoms with E-state index in [1.807, 2.05) is 27.7 Å². The molecule has 0 radical (unpaired) electrons. The predicted molar refractivity (Wildman–Crippen MR) is 108 cm³/mol. The molecule has 0 aromatic heterocycles. The molecular weight excluding hydrogens is 361 g/mol. The molecule has 0 saturated heterocycles. The molecule has 0 unspecified atom stereocenters. The zero-order valence-electron chi connectivity index (χ0n) is 18.3. The second kappa shape index (κ2) is 9.89. The summed E-state index contributed by atoms with van der Waals surface area (Å²) in [5.41, 5.74) is 1.13. The predicted octanol–water partition coefficient (Wildman–Crippen LogP) is 5.11. The molecule has 0 aliphatic heterocycles. The molecule has 1 N–H and O–H groups in total. The second-order valence-corrected chi connectivity index (χ2v) is 8.52. The van der Waals surface area contributed by atoms with Crippen molar-refractivity contribution >= 4 is 12.1 Å². The van der Waals surface area contributed by atoms with Crippen molar-refractivity contribution in [2.45, 2.75) is 85.5 Å². The first kappa shape index (κ1) is 23.9. The van der Waals surface area contributed by atoms with Crippen LogP contribution in [-0.2, 0) is 14.3 Å². The Morgan fingerprint density at radius 1 is 1.18 bits per heavy atom. The molecular formula is C22H34FNO4. The van der Waals surface area contributed by atoms with Gasteiger partial charge in [0.15, 0.2) is 0 Å². The monoisotopic (exact) mass is 395 g/mol. The van der Waals surface area contributed by atoms with Crippen molar-refractivity contribution in [1.29, 1.82) is 0 Å². The number of hydrogen-bond acceptors (Lipinski definition) is 4. The number of amides is 1. The number of ether oxygens (including phenoxy) is 2. The van der Waals surface area contributed by atoms with Gasteiger partial charge in [-0.05, 0) is 70.2 Å². The van der Waals surface area contributed by atoms with Crippen molar-refractivity contribution in [2.24, 2.45) is 5.92 Å². The first-order valence-electron chi connectivity index (χ1n) is 9.81. The minimum absolute atomic E-state index is 0.132. The molecule has 1 rings (SSSR count). The van der Waals surface area contributed by atoms with Gasteiger partial charge < -0.3 is 14.8 Å². The number of halogens is 1. The Hall–Kier alpha value is -2.11. The lowest BCUT2D eigenvalue weighted by molar-refractivity contribution is -0.153. The molecule has 0 aliphatic rings. The molecule has 0 heterocycles. The minimum atomic E-state index is -0.856. The number of hydrogen-bond donors (Lipinski definition) is 1. The molecule has 1 amide bonds. The number of aryl methyl sites for hydroxylation is 1. The van der Waals surface area contributed by atoms with Crippen molar-refractivity contribution in [1.82, 2.24) is 5.32 Å². The first-order chi connectivity index (χ1) is 12.9. The van der Waals surface area contributed by atoms with Crippen LogP contribution in [0.15, 0.2) is 18.2 Å². The third-order valence-electron chi connectivity index (χ3n) is 4.48. The molecule has 1 aromatic carbocycles. The van der Waals surface area contributed by atoms with Crippen molar-refractivity contribution in [3.63, 3.8) is 0 Å². The van der Waals surface area contributed by atoms with Gasteiger partial charge in [0.05, 0.1) is 0 Å². The summed E-state index contributed by atoms with van der Waals surface area (Å²) in [6.07, 6.45) is -0.536. The molecule has 0 fully saturated rings. The molecule has 158 valence electrons. The normalized spacial score (nSPS) is 14.9. The Bertz CT molecular complexity index is 682. The summed E-state index contributed by atoms with van der Waals surface area (Å²) in [6, 6.07) is 3.82. The topological polar surface area (TPSA) is 64.6 Å². The van der Waals surface area contributed by atoms with Gasteiger partial charge in [0, 0.05) is 5.92 Å². The van der Waals surface area contributed by atoms with E-state index in [0.717, 1.165) is 11.1 Å². The zero-order valence-corrected chi connectivity index (χ0v) is 18.3. The van der Waals surface area contributed by atoms with Crippen LogP contribution in [0, 0.1) is 18.7 Å². The number of esters is 1. The molecule has 3 atom stereocenters. The molecule has 0 saturated carbocycles. The zero-order chi connectivity index (χ0) is 21.6. The quantitative estimate of drug-likeness (QED) is 0.652. The minimum Gasteiger partial charge on any atom is -0.460 e. The summed E-state index contributed by atoms with van der Waals surface area (Å²) >= 11 is 0. The van der Waals surface area contributed by atoms with Crippen LogP contribution in [0.5, 0.6) is 0 Å². The summed E-state index contributed by atoms with van der Waals surface area (Å²) < 4.78 is 24.7. The van der Waals surface area contributed by atoms with Crippen LogP contribution in [-0.4, -0.2) is 29.8 Å². The van der Waals surface area contributed by atoms with E-state index in [1.165, 1.54) is 12.1 Å². The third-order valence-corrected chi connectivity index (χ3v) is 4.48. The van der Waals surface area contributed by atoms with E-state index >= 15 is 0 Å². The van der Waals surface area contributed by atoms with Crippen LogP contribution in [0.25, 0.3) is 0 Å². The average molecular weight is 396 g/mol. The fraction of sp³-hybridized carbons (Fsp3) is 0.636. The van der Waals surface area contributed by atoms with Crippen molar-refractivity contribution in [3.05, 3.63) is 35.1 Å². The van der Waals surface area contributed by atoms with E-state index in [1.54, 1.807) is 33.8 Å². The summed E-state index contributed by atoms with van der Waals surface area (Å²) in [7, 11) is 0. The number of rotatable bonds is 7. The van der Waals surface area contributed by atoms with Gasteiger partial charge in [-0.15, -0.1) is 0 Å². The van der Waals surface area contributed by atoms with E-state index in [2.05, 4.69) is 5.32 Å². The lowest BCUT2D eigenvalue weighted by Gasteiger charge is -2.31. The van der Waals surface area contributed by atoms with Gasteiger partial charge in [0.2, 0.25) is 0 Å². The molecule has 1 aromatic rings. The summed E-state index contributed by atoms with van der Waals surface area (Å²) in [6.45, 7) is 14.7. The Morgan fingerprint density at radius 2 is 1.79 bits per heavy atom. The number of alkyl carbamates (subject to hydrolysis) is 1. The molecule has 28 heavy (non-hydrogen) atoms. The number of benzene rings is 1. The van der Waals surface area contributed by atoms with Gasteiger partial charge in [-0.1, -0.05) is 26.8 Å². The van der Waals surface area contributed by atoms with E-state index in [-0.39, 0.29) is 17.7 Å². The van der Waals surface area contributed by atoms with Gasteiger partial charge >= 0.3 is 12.1 Å². The van der Waals surface area contributed by atoms with Gasteiger partial charge in [-0.3, -0.25) is 0 Å². The second-order valence-electron chi connectivity index (χ2n) is 8.52. The van der Waals surface area contributed by atoms with Crippen LogP contribution >= 0.6 is 0 Å². The lowest BCUT2D eigenvalue weighted by atomic mass is 9.81. The van der Waals surface area contributed by atoms with E-state index in [9.17, 15) is 14.0 Å². The Labute approximate surface area is 168 Å². The molecule has 0 spiro atoms. The van der Waals surface area contributed by atoms with Crippen LogP contribution in [0.4, 0.5) is 9.18 Å². The summed E-state index contributed by atoms with van der Waals surface area (Å²) in [5.74, 6) is -0.879. The fourth-order valence-electron chi connectivity index (χ4n) is 3.16. The van der Waals surface area contributed by atoms with E-state index < -0.39 is 29.8 Å². The summed E-state index contributed by atoms with van der Waals surface area (Å²) in [5, 5.41) is 2.50. The third kappa shape index (κ3) is 7.13. The maximum Gasteiger partial charge on any atom is 0.408 e. The fourth-order valence-corrected chi connectivity index (χ4v) is 3.16. The highest BCUT2D eigenvalue weighted by atomic mass is 19.1. The molecule has 0 aliphatic carbocycles. The number of nitrogens with one attached hydrogen (secondary N) is 1. The maximum absolute atomic E-state index is 13.8. The van der Waals surface area contributed by atoms with Crippen molar-refractivity contribution < 1.29 is 23.5 Å². The van der Waals surface area contributed by atoms with Gasteiger partial charge in [0.1, 0.15) is 23.6 Å². The maximum atomic E-state index is 13.8.